The first-order chi connectivity index (χ1) is 9.17. The third-order valence-electron chi connectivity index (χ3n) is 2.82. The number of nitrogens with zero attached hydrogens (tertiary/aromatic N) is 3. The van der Waals surface area contributed by atoms with E-state index in [-0.39, 0.29) is 0 Å². The van der Waals surface area contributed by atoms with E-state index in [2.05, 4.69) is 33.1 Å². The van der Waals surface area contributed by atoms with Crippen molar-refractivity contribution in [3.63, 3.8) is 0 Å². The predicted molar refractivity (Wildman–Crippen MR) is 75.5 cm³/mol. The average Bonchev–Trinajstić information content (AvgIpc) is 2.77. The van der Waals surface area contributed by atoms with Crippen LogP contribution in [0.1, 0.15) is 18.6 Å². The molecule has 0 fully saturated rings. The molecular weight excluding hydrogens is 310 g/mol. The molecule has 1 aromatic heterocycles. The van der Waals surface area contributed by atoms with E-state index in [1.807, 2.05) is 29.7 Å². The molecular formula is C13H16BrN3O2. The summed E-state index contributed by atoms with van der Waals surface area (Å²) in [5, 5.41) is 8.17. The number of aromatic nitrogens is 3. The summed E-state index contributed by atoms with van der Waals surface area (Å²) in [7, 11) is 1.62. The lowest BCUT2D eigenvalue weighted by atomic mass is 10.3. The summed E-state index contributed by atoms with van der Waals surface area (Å²) in [5.74, 6) is 3.06. The Morgan fingerprint density at radius 2 is 2.11 bits per heavy atom. The summed E-state index contributed by atoms with van der Waals surface area (Å²) in [6.07, 6.45) is 0. The highest BCUT2D eigenvalue weighted by Gasteiger charge is 2.12. The molecule has 0 amide bonds. The molecule has 0 aliphatic heterocycles. The Bertz CT molecular complexity index is 569. The Hall–Kier alpha value is -1.56. The summed E-state index contributed by atoms with van der Waals surface area (Å²) in [4.78, 5) is 0. The van der Waals surface area contributed by atoms with Crippen LogP contribution in [0, 0.1) is 6.92 Å². The molecule has 2 rings (SSSR count). The lowest BCUT2D eigenvalue weighted by Gasteiger charge is -2.12. The van der Waals surface area contributed by atoms with Crippen LogP contribution in [-0.4, -0.2) is 21.9 Å². The number of para-hydroxylation sites is 1. The van der Waals surface area contributed by atoms with E-state index in [9.17, 15) is 0 Å². The third-order valence-corrected chi connectivity index (χ3v) is 3.45. The number of hydrogen-bond donors (Lipinski definition) is 0. The first kappa shape index (κ1) is 13.9. The minimum Gasteiger partial charge on any atom is -0.493 e. The van der Waals surface area contributed by atoms with Crippen LogP contribution < -0.4 is 9.47 Å². The second-order valence-corrected chi connectivity index (χ2v) is 4.82. The maximum Gasteiger partial charge on any atom is 0.175 e. The van der Waals surface area contributed by atoms with Crippen molar-refractivity contribution in [2.45, 2.75) is 27.0 Å². The van der Waals surface area contributed by atoms with Gasteiger partial charge in [0.15, 0.2) is 17.3 Å². The molecule has 0 saturated heterocycles. The molecule has 0 atom stereocenters. The SMILES string of the molecule is CCn1c(C)nnc1COc1c(Br)cccc1OC. The van der Waals surface area contributed by atoms with Crippen LogP contribution in [0.4, 0.5) is 0 Å². The molecule has 0 spiro atoms. The van der Waals surface area contributed by atoms with Crippen LogP contribution in [0.25, 0.3) is 0 Å². The highest BCUT2D eigenvalue weighted by molar-refractivity contribution is 9.10. The molecule has 0 bridgehead atoms. The van der Waals surface area contributed by atoms with Crippen LogP contribution in [-0.2, 0) is 13.2 Å². The second-order valence-electron chi connectivity index (χ2n) is 3.97. The Morgan fingerprint density at radius 1 is 1.32 bits per heavy atom. The van der Waals surface area contributed by atoms with Crippen molar-refractivity contribution in [3.05, 3.63) is 34.3 Å². The number of halogens is 1. The Balaban J connectivity index is 2.19. The number of rotatable bonds is 5. The van der Waals surface area contributed by atoms with Crippen LogP contribution in [0.2, 0.25) is 0 Å². The molecule has 0 saturated carbocycles. The molecule has 0 radical (unpaired) electrons. The Labute approximate surface area is 120 Å². The van der Waals surface area contributed by atoms with Gasteiger partial charge in [0, 0.05) is 6.54 Å². The lowest BCUT2D eigenvalue weighted by Crippen LogP contribution is -2.08. The monoisotopic (exact) mass is 325 g/mol. The van der Waals surface area contributed by atoms with Crippen molar-refractivity contribution in [1.29, 1.82) is 0 Å². The molecule has 19 heavy (non-hydrogen) atoms. The quantitative estimate of drug-likeness (QED) is 0.848. The zero-order valence-corrected chi connectivity index (χ0v) is 12.8. The lowest BCUT2D eigenvalue weighted by molar-refractivity contribution is 0.269. The Morgan fingerprint density at radius 3 is 2.79 bits per heavy atom. The average molecular weight is 326 g/mol. The summed E-state index contributed by atoms with van der Waals surface area (Å²) >= 11 is 3.45. The van der Waals surface area contributed by atoms with Gasteiger partial charge in [0.1, 0.15) is 12.4 Å². The van der Waals surface area contributed by atoms with E-state index < -0.39 is 0 Å². The van der Waals surface area contributed by atoms with Crippen molar-refractivity contribution in [2.75, 3.05) is 7.11 Å². The topological polar surface area (TPSA) is 49.2 Å². The molecule has 5 nitrogen and oxygen atoms in total. The largest absolute Gasteiger partial charge is 0.493 e. The summed E-state index contributed by atoms with van der Waals surface area (Å²) < 4.78 is 14.0. The van der Waals surface area contributed by atoms with Crippen LogP contribution in [0.3, 0.4) is 0 Å². The van der Waals surface area contributed by atoms with Crippen LogP contribution in [0.5, 0.6) is 11.5 Å². The van der Waals surface area contributed by atoms with E-state index in [1.54, 1.807) is 7.11 Å². The van der Waals surface area contributed by atoms with Crippen molar-refractivity contribution < 1.29 is 9.47 Å². The number of aryl methyl sites for hydroxylation is 1. The highest BCUT2D eigenvalue weighted by Crippen LogP contribution is 2.35. The summed E-state index contributed by atoms with van der Waals surface area (Å²) in [6.45, 7) is 5.16. The zero-order chi connectivity index (χ0) is 13.8. The van der Waals surface area contributed by atoms with Crippen molar-refractivity contribution in [1.82, 2.24) is 14.8 Å². The number of ether oxygens (including phenoxy) is 2. The maximum atomic E-state index is 5.81. The van der Waals surface area contributed by atoms with Gasteiger partial charge in [0.25, 0.3) is 0 Å². The Kier molecular flexibility index (Phi) is 4.42. The van der Waals surface area contributed by atoms with Gasteiger partial charge < -0.3 is 14.0 Å². The van der Waals surface area contributed by atoms with Crippen LogP contribution >= 0.6 is 15.9 Å². The third kappa shape index (κ3) is 2.89. The molecule has 6 heteroatoms. The fourth-order valence-electron chi connectivity index (χ4n) is 1.87. The number of hydrogen-bond acceptors (Lipinski definition) is 4. The maximum absolute atomic E-state index is 5.81. The second kappa shape index (κ2) is 6.06. The van der Waals surface area contributed by atoms with E-state index in [4.69, 9.17) is 9.47 Å². The first-order valence-corrected chi connectivity index (χ1v) is 6.80. The normalized spacial score (nSPS) is 10.5. The summed E-state index contributed by atoms with van der Waals surface area (Å²) in [5.41, 5.74) is 0. The van der Waals surface area contributed by atoms with E-state index in [0.29, 0.717) is 18.1 Å². The minimum atomic E-state index is 0.355. The van der Waals surface area contributed by atoms with Gasteiger partial charge in [-0.3, -0.25) is 0 Å². The number of methoxy groups -OCH3 is 1. The predicted octanol–water partition coefficient (Wildman–Crippen LogP) is 2.96. The van der Waals surface area contributed by atoms with Gasteiger partial charge in [-0.2, -0.15) is 0 Å². The van der Waals surface area contributed by atoms with Gasteiger partial charge in [-0.25, -0.2) is 0 Å². The van der Waals surface area contributed by atoms with E-state index >= 15 is 0 Å². The fourth-order valence-corrected chi connectivity index (χ4v) is 2.33. The van der Waals surface area contributed by atoms with Gasteiger partial charge in [0.05, 0.1) is 11.6 Å². The standard InChI is InChI=1S/C13H16BrN3O2/c1-4-17-9(2)15-16-12(17)8-19-13-10(14)6-5-7-11(13)18-3/h5-7H,4,8H2,1-3H3. The molecule has 0 N–H and O–H groups in total. The molecule has 2 aromatic rings. The van der Waals surface area contributed by atoms with E-state index in [0.717, 1.165) is 22.7 Å². The number of benzene rings is 1. The zero-order valence-electron chi connectivity index (χ0n) is 11.2. The van der Waals surface area contributed by atoms with Gasteiger partial charge in [-0.1, -0.05) is 6.07 Å². The first-order valence-electron chi connectivity index (χ1n) is 6.01. The van der Waals surface area contributed by atoms with Gasteiger partial charge in [-0.15, -0.1) is 10.2 Å². The van der Waals surface area contributed by atoms with Crippen LogP contribution in [0.15, 0.2) is 22.7 Å². The molecule has 0 unspecified atom stereocenters. The van der Waals surface area contributed by atoms with Crippen molar-refractivity contribution in [2.24, 2.45) is 0 Å². The van der Waals surface area contributed by atoms with E-state index in [1.165, 1.54) is 0 Å². The summed E-state index contributed by atoms with van der Waals surface area (Å²) in [6, 6.07) is 5.66. The highest BCUT2D eigenvalue weighted by atomic mass is 79.9. The van der Waals surface area contributed by atoms with Crippen molar-refractivity contribution in [3.8, 4) is 11.5 Å². The molecule has 102 valence electrons. The van der Waals surface area contributed by atoms with Crippen molar-refractivity contribution >= 4 is 15.9 Å². The molecule has 1 heterocycles. The van der Waals surface area contributed by atoms with Gasteiger partial charge >= 0.3 is 0 Å². The minimum absolute atomic E-state index is 0.355. The smallest absolute Gasteiger partial charge is 0.175 e. The molecule has 1 aromatic carbocycles. The fraction of sp³-hybridized carbons (Fsp3) is 0.385. The van der Waals surface area contributed by atoms with Gasteiger partial charge in [0.2, 0.25) is 0 Å². The molecule has 0 aliphatic carbocycles. The molecule has 0 aliphatic rings. The van der Waals surface area contributed by atoms with Gasteiger partial charge in [-0.05, 0) is 41.9 Å².